The third-order valence-corrected chi connectivity index (χ3v) is 16.0. The fourth-order valence-electron chi connectivity index (χ4n) is 6.98. The molecule has 3 N–H and O–H groups in total. The molecular weight excluding hydrogens is 593 g/mol. The highest BCUT2D eigenvalue weighted by Gasteiger charge is 2.41. The van der Waals surface area contributed by atoms with Gasteiger partial charge in [0, 0.05) is 55.9 Å². The highest BCUT2D eigenvalue weighted by molar-refractivity contribution is 6.90. The molecule has 10 nitrogen and oxygen atoms in total. The van der Waals surface area contributed by atoms with Crippen LogP contribution in [0.4, 0.5) is 27.9 Å². The van der Waals surface area contributed by atoms with Gasteiger partial charge in [0.1, 0.15) is 13.9 Å². The first-order chi connectivity index (χ1) is 21.9. The van der Waals surface area contributed by atoms with Gasteiger partial charge in [-0.25, -0.2) is 14.8 Å². The molecule has 1 aromatic carbocycles. The van der Waals surface area contributed by atoms with Crippen molar-refractivity contribution < 1.29 is 9.53 Å². The van der Waals surface area contributed by atoms with Gasteiger partial charge in [0.25, 0.3) is 0 Å². The van der Waals surface area contributed by atoms with E-state index in [4.69, 9.17) is 14.7 Å². The smallest absolute Gasteiger partial charge is 0.320 e. The summed E-state index contributed by atoms with van der Waals surface area (Å²) in [4.78, 5) is 32.0. The maximum atomic E-state index is 13.1. The topological polar surface area (TPSA) is 108 Å². The first-order valence-corrected chi connectivity index (χ1v) is 18.8. The second-order valence-corrected chi connectivity index (χ2v) is 19.6. The van der Waals surface area contributed by atoms with Gasteiger partial charge in [-0.1, -0.05) is 47.5 Å². The molecule has 4 heterocycles. The number of nitrogens with zero attached hydrogens (tertiary/aromatic N) is 5. The zero-order chi connectivity index (χ0) is 33.1. The van der Waals surface area contributed by atoms with Crippen molar-refractivity contribution >= 4 is 48.3 Å². The number of nitrogens with one attached hydrogen (secondary N) is 3. The van der Waals surface area contributed by atoms with Gasteiger partial charge in [0.05, 0.1) is 17.5 Å². The summed E-state index contributed by atoms with van der Waals surface area (Å²) < 4.78 is 5.51. The van der Waals surface area contributed by atoms with Crippen LogP contribution in [0.25, 0.3) is 11.0 Å². The minimum atomic E-state index is -2.02. The quantitative estimate of drug-likeness (QED) is 0.192. The number of aromatic nitrogens is 3. The lowest BCUT2D eigenvalue weighted by molar-refractivity contribution is 0.172. The van der Waals surface area contributed by atoms with Crippen molar-refractivity contribution in [3.05, 3.63) is 42.1 Å². The number of ether oxygens (including phenoxy) is 1. The monoisotopic (exact) mass is 642 g/mol. The Labute approximate surface area is 275 Å². The Morgan fingerprint density at radius 3 is 2.28 bits per heavy atom. The molecule has 2 aliphatic heterocycles. The second kappa shape index (κ2) is 14.0. The molecule has 0 bridgehead atoms. The number of urea groups is 1. The fraction of sp³-hybridized carbons (Fsp3) is 0.543. The highest BCUT2D eigenvalue weighted by atomic mass is 28.3. The Bertz CT molecular complexity index is 1560. The van der Waals surface area contributed by atoms with Crippen molar-refractivity contribution in [3.8, 4) is 11.5 Å². The number of anilines is 4. The van der Waals surface area contributed by atoms with Crippen LogP contribution in [0.15, 0.2) is 36.5 Å². The first kappa shape index (κ1) is 33.6. The van der Waals surface area contributed by atoms with Crippen molar-refractivity contribution in [3.63, 3.8) is 0 Å². The number of carbonyl (C=O) groups excluding carboxylic acids is 1. The third kappa shape index (κ3) is 7.46. The van der Waals surface area contributed by atoms with Gasteiger partial charge in [-0.15, -0.1) is 5.54 Å². The minimum absolute atomic E-state index is 0.332. The van der Waals surface area contributed by atoms with Gasteiger partial charge < -0.3 is 25.2 Å². The molecule has 46 heavy (non-hydrogen) atoms. The van der Waals surface area contributed by atoms with E-state index in [1.165, 1.54) is 5.69 Å². The molecule has 1 unspecified atom stereocenters. The summed E-state index contributed by atoms with van der Waals surface area (Å²) in [6.07, 6.45) is 2.54. The summed E-state index contributed by atoms with van der Waals surface area (Å²) in [6.45, 7) is 21.1. The summed E-state index contributed by atoms with van der Waals surface area (Å²) in [5.74, 6) is 4.37. The predicted molar refractivity (Wildman–Crippen MR) is 191 cm³/mol. The van der Waals surface area contributed by atoms with Crippen LogP contribution in [0.1, 0.15) is 60.5 Å². The lowest BCUT2D eigenvalue weighted by Gasteiger charge is -2.38. The molecule has 0 radical (unpaired) electrons. The molecule has 2 fully saturated rings. The van der Waals surface area contributed by atoms with E-state index in [1.807, 2.05) is 13.0 Å². The molecule has 3 aromatic rings. The van der Waals surface area contributed by atoms with Crippen LogP contribution in [-0.2, 0) is 4.74 Å². The fourth-order valence-corrected chi connectivity index (χ4v) is 12.2. The number of pyridine rings is 1. The SMILES string of the molecule is CC(C)[Si](C#Cc1cc(NC(=O)NC2(C)CCOC2)nc2nc(Nc3ccc(N4CCN(C)CC4)cc3)ncc12)(C(C)C)C(C)C. The third-order valence-electron chi connectivity index (χ3n) is 9.71. The van der Waals surface area contributed by atoms with E-state index in [1.54, 1.807) is 6.20 Å². The van der Waals surface area contributed by atoms with Crippen LogP contribution in [-0.4, -0.2) is 85.9 Å². The molecule has 5 rings (SSSR count). The number of carbonyl (C=O) groups is 1. The van der Waals surface area contributed by atoms with Crippen molar-refractivity contribution in [1.29, 1.82) is 0 Å². The number of hydrogen-bond donors (Lipinski definition) is 3. The Balaban J connectivity index is 1.46. The van der Waals surface area contributed by atoms with Gasteiger partial charge in [-0.2, -0.15) is 4.98 Å². The number of amides is 2. The van der Waals surface area contributed by atoms with Crippen molar-refractivity contribution in [1.82, 2.24) is 25.2 Å². The summed E-state index contributed by atoms with van der Waals surface area (Å²) in [6, 6.07) is 9.87. The summed E-state index contributed by atoms with van der Waals surface area (Å²) >= 11 is 0. The molecule has 246 valence electrons. The largest absolute Gasteiger partial charge is 0.379 e. The zero-order valence-corrected chi connectivity index (χ0v) is 29.7. The van der Waals surface area contributed by atoms with Crippen molar-refractivity contribution in [2.24, 2.45) is 0 Å². The average Bonchev–Trinajstić information content (AvgIpc) is 3.43. The molecule has 0 saturated carbocycles. The summed E-state index contributed by atoms with van der Waals surface area (Å²) in [5.41, 5.74) is 8.18. The average molecular weight is 643 g/mol. The van der Waals surface area contributed by atoms with E-state index >= 15 is 0 Å². The first-order valence-electron chi connectivity index (χ1n) is 16.6. The molecular formula is C35H50N8O2Si. The van der Waals surface area contributed by atoms with Crippen LogP contribution >= 0.6 is 0 Å². The molecule has 0 spiro atoms. The van der Waals surface area contributed by atoms with Crippen LogP contribution in [0.3, 0.4) is 0 Å². The predicted octanol–water partition coefficient (Wildman–Crippen LogP) is 6.39. The maximum absolute atomic E-state index is 13.1. The van der Waals surface area contributed by atoms with Gasteiger partial charge in [-0.3, -0.25) is 5.32 Å². The lowest BCUT2D eigenvalue weighted by atomic mass is 10.0. The van der Waals surface area contributed by atoms with Crippen LogP contribution < -0.4 is 20.9 Å². The molecule has 2 saturated heterocycles. The number of likely N-dealkylation sites (N-methyl/N-ethyl adjacent to an activating group) is 1. The molecule has 2 aromatic heterocycles. The number of benzene rings is 1. The van der Waals surface area contributed by atoms with E-state index in [-0.39, 0.29) is 6.03 Å². The van der Waals surface area contributed by atoms with Crippen molar-refractivity contribution in [2.45, 2.75) is 77.0 Å². The highest BCUT2D eigenvalue weighted by Crippen LogP contribution is 2.41. The Kier molecular flexibility index (Phi) is 10.2. The van der Waals surface area contributed by atoms with Crippen LogP contribution in [0, 0.1) is 11.5 Å². The Morgan fingerprint density at radius 1 is 1.00 bits per heavy atom. The second-order valence-electron chi connectivity index (χ2n) is 14.0. The van der Waals surface area contributed by atoms with E-state index in [0.29, 0.717) is 47.3 Å². The molecule has 0 aliphatic carbocycles. The minimum Gasteiger partial charge on any atom is -0.379 e. The van der Waals surface area contributed by atoms with E-state index in [2.05, 4.69) is 115 Å². The van der Waals surface area contributed by atoms with Crippen molar-refractivity contribution in [2.75, 3.05) is 62.0 Å². The molecule has 2 aliphatic rings. The standard InChI is InChI=1S/C35H50N8O2Si/c1-24(2)46(25(3)4,26(5)6)20-13-27-21-31(39-34(44)41-35(7)14-19-45-23-35)38-32-30(27)22-36-33(40-32)37-28-9-11-29(12-10-28)43-17-15-42(8)16-18-43/h9-12,21-22,24-26H,14-19,23H2,1-8H3,(H3,36,37,38,39,40,41,44). The number of piperazine rings is 1. The zero-order valence-electron chi connectivity index (χ0n) is 28.7. The molecule has 11 heteroatoms. The van der Waals surface area contributed by atoms with E-state index in [9.17, 15) is 4.79 Å². The van der Waals surface area contributed by atoms with Crippen LogP contribution in [0.2, 0.25) is 16.6 Å². The molecule has 2 amide bonds. The van der Waals surface area contributed by atoms with Crippen LogP contribution in [0.5, 0.6) is 0 Å². The van der Waals surface area contributed by atoms with E-state index < -0.39 is 13.6 Å². The van der Waals surface area contributed by atoms with Gasteiger partial charge >= 0.3 is 6.03 Å². The maximum Gasteiger partial charge on any atom is 0.320 e. The molecule has 1 atom stereocenters. The number of fused-ring (bicyclic) bond motifs is 1. The Hall–Kier alpha value is -3.72. The van der Waals surface area contributed by atoms with Gasteiger partial charge in [0.2, 0.25) is 5.95 Å². The number of hydrogen-bond acceptors (Lipinski definition) is 8. The van der Waals surface area contributed by atoms with E-state index in [0.717, 1.165) is 49.2 Å². The van der Waals surface area contributed by atoms with Gasteiger partial charge in [-0.05, 0) is 67.3 Å². The normalized spacial score (nSPS) is 19.1. The summed E-state index contributed by atoms with van der Waals surface area (Å²) in [5, 5.41) is 10.1. The van der Waals surface area contributed by atoms with Gasteiger partial charge in [0.15, 0.2) is 5.65 Å². The summed E-state index contributed by atoms with van der Waals surface area (Å²) in [7, 11) is 0.144. The number of rotatable bonds is 8. The lowest BCUT2D eigenvalue weighted by Crippen LogP contribution is -2.48. The Morgan fingerprint density at radius 2 is 1.67 bits per heavy atom.